The van der Waals surface area contributed by atoms with Gasteiger partial charge >= 0.3 is 11.9 Å². The molecule has 2 atom stereocenters. The number of carbonyl (C=O) groups excluding carboxylic acids is 2. The molecule has 15 nitrogen and oxygen atoms in total. The number of rotatable bonds is 11. The van der Waals surface area contributed by atoms with Gasteiger partial charge in [-0.25, -0.2) is 9.59 Å². The van der Waals surface area contributed by atoms with Gasteiger partial charge in [0.2, 0.25) is 11.4 Å². The molecule has 0 aromatic carbocycles. The van der Waals surface area contributed by atoms with E-state index in [1.165, 1.54) is 47.4 Å². The largest absolute Gasteiger partial charge is 0.479 e. The summed E-state index contributed by atoms with van der Waals surface area (Å²) in [6.07, 6.45) is 0. The predicted molar refractivity (Wildman–Crippen MR) is 136 cm³/mol. The van der Waals surface area contributed by atoms with Gasteiger partial charge in [0.15, 0.2) is 10.1 Å². The molecule has 0 radical (unpaired) electrons. The van der Waals surface area contributed by atoms with Crippen molar-refractivity contribution < 1.29 is 39.1 Å². The normalized spacial score (nSPS) is 19.1. The van der Waals surface area contributed by atoms with Crippen LogP contribution < -0.4 is 15.0 Å². The summed E-state index contributed by atoms with van der Waals surface area (Å²) in [4.78, 5) is 60.0. The Balaban J connectivity index is 1.53. The lowest BCUT2D eigenvalue weighted by Gasteiger charge is -2.49. The van der Waals surface area contributed by atoms with Crippen LogP contribution in [0.1, 0.15) is 10.7 Å². The van der Waals surface area contributed by atoms with Crippen molar-refractivity contribution in [1.82, 2.24) is 25.1 Å². The van der Waals surface area contributed by atoms with Gasteiger partial charge in [0.05, 0.1) is 0 Å². The van der Waals surface area contributed by atoms with E-state index in [9.17, 15) is 24.3 Å². The van der Waals surface area contributed by atoms with Gasteiger partial charge in [0.1, 0.15) is 34.9 Å². The van der Waals surface area contributed by atoms with E-state index in [0.29, 0.717) is 21.4 Å². The fourth-order valence-electron chi connectivity index (χ4n) is 3.50. The fourth-order valence-corrected chi connectivity index (χ4v) is 7.50. The average Bonchev–Trinajstić information content (AvgIpc) is 3.46. The number of aryl methyl sites for hydroxylation is 1. The highest BCUT2D eigenvalue weighted by atomic mass is 32.2. The summed E-state index contributed by atoms with van der Waals surface area (Å²) in [5.41, 5.74) is -0.0111. The van der Waals surface area contributed by atoms with E-state index in [0.717, 1.165) is 26.0 Å². The fraction of sp³-hybridized carbons (Fsp3) is 0.368. The van der Waals surface area contributed by atoms with Crippen molar-refractivity contribution in [1.29, 1.82) is 5.41 Å². The molecular weight excluding hydrogens is 583 g/mol. The number of β-lactam (4-membered cyclic amide) rings is 1. The van der Waals surface area contributed by atoms with Gasteiger partial charge in [-0.2, -0.15) is 4.73 Å². The van der Waals surface area contributed by atoms with E-state index in [1.54, 1.807) is 0 Å². The lowest BCUT2D eigenvalue weighted by molar-refractivity contribution is -0.150. The van der Waals surface area contributed by atoms with Crippen molar-refractivity contribution in [3.63, 3.8) is 0 Å². The van der Waals surface area contributed by atoms with Crippen LogP contribution in [0.25, 0.3) is 0 Å². The molecule has 202 valence electrons. The molecule has 0 aliphatic carbocycles. The number of nitrogens with zero attached hydrogens (tertiary/aromatic N) is 5. The highest BCUT2D eigenvalue weighted by molar-refractivity contribution is 8.01. The summed E-state index contributed by atoms with van der Waals surface area (Å²) in [5, 5.41) is 42.1. The maximum Gasteiger partial charge on any atom is 0.352 e. The first-order valence-corrected chi connectivity index (χ1v) is 14.2. The third kappa shape index (κ3) is 5.54. The van der Waals surface area contributed by atoms with Crippen LogP contribution in [-0.4, -0.2) is 96.1 Å². The SMILES string of the molecule is COn1c(C(=NOCC(=O)O)C(=O)N[C@@H]2C(=O)N3C(C(=O)O)=C(CSc4nnc(C)s4)CS[C@@H]23)csc1=N. The first kappa shape index (κ1) is 27.6. The zero-order valence-corrected chi connectivity index (χ0v) is 22.8. The highest BCUT2D eigenvalue weighted by Gasteiger charge is 2.54. The average molecular weight is 602 g/mol. The monoisotopic (exact) mass is 601 g/mol. The minimum Gasteiger partial charge on any atom is -0.479 e. The van der Waals surface area contributed by atoms with E-state index in [1.807, 2.05) is 6.92 Å². The lowest BCUT2D eigenvalue weighted by atomic mass is 10.0. The zero-order valence-electron chi connectivity index (χ0n) is 19.6. The molecule has 0 spiro atoms. The summed E-state index contributed by atoms with van der Waals surface area (Å²) in [6, 6.07) is -1.07. The number of hydrogen-bond donors (Lipinski definition) is 4. The first-order valence-electron chi connectivity index (χ1n) is 10.5. The molecule has 2 aliphatic heterocycles. The smallest absolute Gasteiger partial charge is 0.352 e. The quantitative estimate of drug-likeness (QED) is 0.112. The third-order valence-corrected chi connectivity index (χ3v) is 9.21. The van der Waals surface area contributed by atoms with Gasteiger partial charge in [-0.05, 0) is 12.5 Å². The number of thiazole rings is 1. The molecule has 0 bridgehead atoms. The Morgan fingerprint density at radius 1 is 1.34 bits per heavy atom. The number of carboxylic acids is 2. The van der Waals surface area contributed by atoms with Gasteiger partial charge < -0.3 is 25.2 Å². The summed E-state index contributed by atoms with van der Waals surface area (Å²) in [5.74, 6) is -3.49. The standard InChI is InChI=1S/C19H19N7O8S4/c1-7-22-23-19(38-7)37-5-8-4-35-16-12(15(30)25(16)13(8)17(31)32)21-14(29)11(24-34-3-10(27)28)9-6-36-18(20)26(9)33-2/h6,12,16,20H,3-5H2,1-2H3,(H,21,29)(H,27,28)(H,31,32)/t12-,16+/m1/s1. The molecule has 1 saturated heterocycles. The minimum atomic E-state index is -1.33. The summed E-state index contributed by atoms with van der Waals surface area (Å²) < 4.78 is 1.66. The van der Waals surface area contributed by atoms with Crippen LogP contribution in [0.5, 0.6) is 0 Å². The molecule has 2 amide bonds. The van der Waals surface area contributed by atoms with Crippen LogP contribution in [0.2, 0.25) is 0 Å². The molecule has 1 fully saturated rings. The van der Waals surface area contributed by atoms with E-state index in [4.69, 9.17) is 20.2 Å². The van der Waals surface area contributed by atoms with Gasteiger partial charge in [-0.15, -0.1) is 33.3 Å². The molecular formula is C19H19N7O8S4. The maximum atomic E-state index is 13.1. The molecule has 4 rings (SSSR count). The minimum absolute atomic E-state index is 0.00246. The summed E-state index contributed by atoms with van der Waals surface area (Å²) in [6.45, 7) is 0.978. The number of hydrogen-bond acceptors (Lipinski definition) is 14. The molecule has 2 aliphatic rings. The van der Waals surface area contributed by atoms with E-state index in [-0.39, 0.29) is 16.2 Å². The molecule has 0 unspecified atom stereocenters. The molecule has 0 saturated carbocycles. The summed E-state index contributed by atoms with van der Waals surface area (Å²) >= 11 is 4.92. The number of aromatic nitrogens is 3. The number of aliphatic carboxylic acids is 2. The third-order valence-electron chi connectivity index (χ3n) is 5.08. The Morgan fingerprint density at radius 2 is 2.11 bits per heavy atom. The molecule has 38 heavy (non-hydrogen) atoms. The number of fused-ring (bicyclic) bond motifs is 1. The van der Waals surface area contributed by atoms with Crippen molar-refractivity contribution >= 4 is 75.7 Å². The number of thioether (sulfide) groups is 2. The molecule has 4 N–H and O–H groups in total. The van der Waals surface area contributed by atoms with Crippen LogP contribution in [0, 0.1) is 12.3 Å². The van der Waals surface area contributed by atoms with E-state index < -0.39 is 47.5 Å². The second-order valence-corrected chi connectivity index (χ2v) is 11.9. The van der Waals surface area contributed by atoms with Crippen LogP contribution in [-0.2, 0) is 24.0 Å². The van der Waals surface area contributed by atoms with Crippen molar-refractivity contribution in [2.24, 2.45) is 5.16 Å². The van der Waals surface area contributed by atoms with Gasteiger partial charge in [-0.1, -0.05) is 28.3 Å². The first-order chi connectivity index (χ1) is 18.1. The Bertz CT molecular complexity index is 1410. The highest BCUT2D eigenvalue weighted by Crippen LogP contribution is 2.41. The number of carbonyl (C=O) groups is 4. The number of nitrogens with one attached hydrogen (secondary N) is 2. The van der Waals surface area contributed by atoms with Crippen LogP contribution in [0.3, 0.4) is 0 Å². The van der Waals surface area contributed by atoms with Crippen molar-refractivity contribution in [2.45, 2.75) is 22.7 Å². The second-order valence-electron chi connectivity index (χ2n) is 7.50. The molecule has 4 heterocycles. The van der Waals surface area contributed by atoms with Gasteiger partial charge in [0.25, 0.3) is 11.8 Å². The van der Waals surface area contributed by atoms with Crippen LogP contribution in [0.15, 0.2) is 26.1 Å². The Hall–Kier alpha value is -3.42. The molecule has 2 aromatic rings. The Morgan fingerprint density at radius 3 is 2.74 bits per heavy atom. The van der Waals surface area contributed by atoms with Crippen LogP contribution >= 0.6 is 46.2 Å². The topological polar surface area (TPSA) is 209 Å². The lowest BCUT2D eigenvalue weighted by Crippen LogP contribution is -2.71. The Labute approximate surface area is 230 Å². The number of oxime groups is 1. The van der Waals surface area contributed by atoms with Crippen molar-refractivity contribution in [2.75, 3.05) is 25.2 Å². The zero-order chi connectivity index (χ0) is 27.6. The molecule has 19 heteroatoms. The van der Waals surface area contributed by atoms with Gasteiger partial charge in [0, 0.05) is 16.9 Å². The number of carboxylic acid groups (broad SMARTS) is 2. The van der Waals surface area contributed by atoms with Gasteiger partial charge in [-0.3, -0.25) is 19.9 Å². The van der Waals surface area contributed by atoms with E-state index in [2.05, 4.69) is 20.7 Å². The van der Waals surface area contributed by atoms with E-state index >= 15 is 0 Å². The predicted octanol–water partition coefficient (Wildman–Crippen LogP) is -0.416. The number of amides is 2. The van der Waals surface area contributed by atoms with Crippen LogP contribution in [0.4, 0.5) is 0 Å². The molecule has 2 aromatic heterocycles. The Kier molecular flexibility index (Phi) is 8.38. The van der Waals surface area contributed by atoms with Crippen molar-refractivity contribution in [3.8, 4) is 0 Å². The second kappa shape index (κ2) is 11.5. The maximum absolute atomic E-state index is 13.1. The summed E-state index contributed by atoms with van der Waals surface area (Å²) in [7, 11) is 1.26. The van der Waals surface area contributed by atoms with Crippen molar-refractivity contribution in [3.05, 3.63) is 32.2 Å².